The standard InChI is InChI=1S/C12H26/c1-7-8-12(6,11(4)5)9-10(2)3/h10-11H,7-9H2,1-6H3. The molecule has 0 saturated carbocycles. The first-order chi connectivity index (χ1) is 5.42. The molecular formula is C12H26. The summed E-state index contributed by atoms with van der Waals surface area (Å²) in [6.45, 7) is 14.1. The summed E-state index contributed by atoms with van der Waals surface area (Å²) in [5, 5.41) is 0. The Morgan fingerprint density at radius 3 is 1.83 bits per heavy atom. The minimum atomic E-state index is 0.572. The van der Waals surface area contributed by atoms with E-state index in [0.717, 1.165) is 11.8 Å². The molecule has 0 fully saturated rings. The van der Waals surface area contributed by atoms with Crippen molar-refractivity contribution in [2.45, 2.75) is 60.8 Å². The molecule has 0 heteroatoms. The van der Waals surface area contributed by atoms with Crippen molar-refractivity contribution in [3.8, 4) is 0 Å². The molecule has 0 aliphatic rings. The summed E-state index contributed by atoms with van der Waals surface area (Å²) in [5.74, 6) is 1.66. The van der Waals surface area contributed by atoms with Gasteiger partial charge in [-0.25, -0.2) is 0 Å². The second-order valence-corrected chi connectivity index (χ2v) is 5.16. The zero-order chi connectivity index (χ0) is 9.78. The van der Waals surface area contributed by atoms with Gasteiger partial charge in [0.15, 0.2) is 0 Å². The van der Waals surface area contributed by atoms with Gasteiger partial charge >= 0.3 is 0 Å². The minimum absolute atomic E-state index is 0.572. The molecule has 0 radical (unpaired) electrons. The van der Waals surface area contributed by atoms with Crippen molar-refractivity contribution in [1.82, 2.24) is 0 Å². The van der Waals surface area contributed by atoms with E-state index < -0.39 is 0 Å². The molecule has 0 aliphatic heterocycles. The molecule has 0 aromatic rings. The Kier molecular flexibility index (Phi) is 4.89. The summed E-state index contributed by atoms with van der Waals surface area (Å²) < 4.78 is 0. The van der Waals surface area contributed by atoms with Crippen molar-refractivity contribution in [3.63, 3.8) is 0 Å². The van der Waals surface area contributed by atoms with Crippen LogP contribution >= 0.6 is 0 Å². The highest BCUT2D eigenvalue weighted by molar-refractivity contribution is 4.78. The van der Waals surface area contributed by atoms with E-state index in [2.05, 4.69) is 41.5 Å². The van der Waals surface area contributed by atoms with E-state index in [9.17, 15) is 0 Å². The maximum atomic E-state index is 2.45. The van der Waals surface area contributed by atoms with Gasteiger partial charge in [-0.05, 0) is 30.1 Å². The summed E-state index contributed by atoms with van der Waals surface area (Å²) in [6, 6.07) is 0. The van der Waals surface area contributed by atoms with Crippen molar-refractivity contribution >= 4 is 0 Å². The topological polar surface area (TPSA) is 0 Å². The predicted octanol–water partition coefficient (Wildman–Crippen LogP) is 4.49. The lowest BCUT2D eigenvalue weighted by atomic mass is 9.70. The Labute approximate surface area is 78.8 Å². The number of hydrogen-bond donors (Lipinski definition) is 0. The van der Waals surface area contributed by atoms with Gasteiger partial charge < -0.3 is 0 Å². The molecular weight excluding hydrogens is 144 g/mol. The van der Waals surface area contributed by atoms with Gasteiger partial charge in [0.2, 0.25) is 0 Å². The highest BCUT2D eigenvalue weighted by Crippen LogP contribution is 2.38. The lowest BCUT2D eigenvalue weighted by Crippen LogP contribution is -2.25. The Hall–Kier alpha value is 0. The summed E-state index contributed by atoms with van der Waals surface area (Å²) >= 11 is 0. The molecule has 0 rings (SSSR count). The summed E-state index contributed by atoms with van der Waals surface area (Å²) in [7, 11) is 0. The molecule has 1 unspecified atom stereocenters. The third-order valence-corrected chi connectivity index (χ3v) is 3.09. The predicted molar refractivity (Wildman–Crippen MR) is 57.3 cm³/mol. The van der Waals surface area contributed by atoms with E-state index in [-0.39, 0.29) is 0 Å². The fourth-order valence-corrected chi connectivity index (χ4v) is 2.13. The SMILES string of the molecule is CCCC(C)(CC(C)C)C(C)C. The van der Waals surface area contributed by atoms with Crippen LogP contribution in [0.3, 0.4) is 0 Å². The zero-order valence-electron chi connectivity index (χ0n) is 9.78. The molecule has 1 atom stereocenters. The third-order valence-electron chi connectivity index (χ3n) is 3.09. The molecule has 74 valence electrons. The van der Waals surface area contributed by atoms with E-state index in [1.165, 1.54) is 19.3 Å². The molecule has 12 heavy (non-hydrogen) atoms. The largest absolute Gasteiger partial charge is 0.0654 e. The van der Waals surface area contributed by atoms with E-state index in [1.807, 2.05) is 0 Å². The molecule has 0 bridgehead atoms. The van der Waals surface area contributed by atoms with E-state index in [0.29, 0.717) is 5.41 Å². The second-order valence-electron chi connectivity index (χ2n) is 5.16. The smallest absolute Gasteiger partial charge is 0.0300 e. The first-order valence-corrected chi connectivity index (χ1v) is 5.42. The van der Waals surface area contributed by atoms with Crippen LogP contribution in [0.4, 0.5) is 0 Å². The highest BCUT2D eigenvalue weighted by Gasteiger charge is 2.27. The normalized spacial score (nSPS) is 17.0. The van der Waals surface area contributed by atoms with Crippen LogP contribution in [0.25, 0.3) is 0 Å². The van der Waals surface area contributed by atoms with Crippen LogP contribution in [-0.4, -0.2) is 0 Å². The summed E-state index contributed by atoms with van der Waals surface area (Å²) in [6.07, 6.45) is 4.07. The molecule has 0 nitrogen and oxygen atoms in total. The van der Waals surface area contributed by atoms with Gasteiger partial charge in [0, 0.05) is 0 Å². The van der Waals surface area contributed by atoms with Gasteiger partial charge in [-0.15, -0.1) is 0 Å². The average Bonchev–Trinajstić information content (AvgIpc) is 1.85. The average molecular weight is 170 g/mol. The Bertz CT molecular complexity index is 113. The van der Waals surface area contributed by atoms with Crippen molar-refractivity contribution in [2.75, 3.05) is 0 Å². The molecule has 0 N–H and O–H groups in total. The first-order valence-electron chi connectivity index (χ1n) is 5.42. The van der Waals surface area contributed by atoms with E-state index >= 15 is 0 Å². The Morgan fingerprint density at radius 2 is 1.58 bits per heavy atom. The van der Waals surface area contributed by atoms with Crippen LogP contribution in [0.5, 0.6) is 0 Å². The Balaban J connectivity index is 4.18. The monoisotopic (exact) mass is 170 g/mol. The third kappa shape index (κ3) is 3.60. The second kappa shape index (κ2) is 4.89. The van der Waals surface area contributed by atoms with Crippen LogP contribution in [-0.2, 0) is 0 Å². The van der Waals surface area contributed by atoms with Crippen LogP contribution in [0, 0.1) is 17.3 Å². The van der Waals surface area contributed by atoms with E-state index in [1.54, 1.807) is 0 Å². The number of hydrogen-bond acceptors (Lipinski definition) is 0. The van der Waals surface area contributed by atoms with Gasteiger partial charge in [-0.2, -0.15) is 0 Å². The molecule has 0 aromatic carbocycles. The zero-order valence-corrected chi connectivity index (χ0v) is 9.78. The fourth-order valence-electron chi connectivity index (χ4n) is 2.13. The van der Waals surface area contributed by atoms with Crippen LogP contribution < -0.4 is 0 Å². The van der Waals surface area contributed by atoms with Gasteiger partial charge in [0.1, 0.15) is 0 Å². The molecule has 0 saturated heterocycles. The first kappa shape index (κ1) is 12.0. The van der Waals surface area contributed by atoms with Crippen LogP contribution in [0.1, 0.15) is 60.8 Å². The molecule has 0 aliphatic carbocycles. The summed E-state index contributed by atoms with van der Waals surface area (Å²) in [4.78, 5) is 0. The van der Waals surface area contributed by atoms with Crippen molar-refractivity contribution < 1.29 is 0 Å². The molecule has 0 aromatic heterocycles. The van der Waals surface area contributed by atoms with Gasteiger partial charge in [0.05, 0.1) is 0 Å². The molecule has 0 amide bonds. The lowest BCUT2D eigenvalue weighted by molar-refractivity contribution is 0.155. The molecule has 0 spiro atoms. The fraction of sp³-hybridized carbons (Fsp3) is 1.00. The number of rotatable bonds is 5. The maximum absolute atomic E-state index is 2.45. The van der Waals surface area contributed by atoms with Crippen LogP contribution in [0.2, 0.25) is 0 Å². The Morgan fingerprint density at radius 1 is 1.08 bits per heavy atom. The van der Waals surface area contributed by atoms with Gasteiger partial charge in [-0.1, -0.05) is 48.0 Å². The minimum Gasteiger partial charge on any atom is -0.0654 e. The quantitative estimate of drug-likeness (QED) is 0.570. The van der Waals surface area contributed by atoms with Gasteiger partial charge in [-0.3, -0.25) is 0 Å². The van der Waals surface area contributed by atoms with Crippen molar-refractivity contribution in [1.29, 1.82) is 0 Å². The lowest BCUT2D eigenvalue weighted by Gasteiger charge is -2.35. The highest BCUT2D eigenvalue weighted by atomic mass is 14.3. The van der Waals surface area contributed by atoms with Crippen LogP contribution in [0.15, 0.2) is 0 Å². The van der Waals surface area contributed by atoms with Crippen molar-refractivity contribution in [3.05, 3.63) is 0 Å². The summed E-state index contributed by atoms with van der Waals surface area (Å²) in [5.41, 5.74) is 0.572. The van der Waals surface area contributed by atoms with E-state index in [4.69, 9.17) is 0 Å². The maximum Gasteiger partial charge on any atom is -0.0300 e. The van der Waals surface area contributed by atoms with Crippen molar-refractivity contribution in [2.24, 2.45) is 17.3 Å². The van der Waals surface area contributed by atoms with Gasteiger partial charge in [0.25, 0.3) is 0 Å². The molecule has 0 heterocycles.